The van der Waals surface area contributed by atoms with E-state index in [1.54, 1.807) is 18.2 Å². The summed E-state index contributed by atoms with van der Waals surface area (Å²) in [5.41, 5.74) is 1.23. The molecule has 0 aliphatic rings. The van der Waals surface area contributed by atoms with Gasteiger partial charge in [-0.15, -0.1) is 0 Å². The molecule has 5 rings (SSSR count). The van der Waals surface area contributed by atoms with Crippen LogP contribution in [-0.2, 0) is 6.61 Å². The van der Waals surface area contributed by atoms with E-state index in [1.165, 1.54) is 17.0 Å². The lowest BCUT2D eigenvalue weighted by molar-refractivity contribution is -0.386. The molecule has 0 saturated heterocycles. The predicted octanol–water partition coefficient (Wildman–Crippen LogP) is 7.57. The van der Waals surface area contributed by atoms with Gasteiger partial charge in [0.05, 0.1) is 22.0 Å². The third-order valence-corrected chi connectivity index (χ3v) is 7.12. The fraction of sp³-hybridized carbons (Fsp3) is 0.138. The minimum Gasteiger partial charge on any atom is -0.481 e. The third-order valence-electron chi connectivity index (χ3n) is 6.17. The predicted molar refractivity (Wildman–Crippen MR) is 160 cm³/mol. The molecule has 39 heavy (non-hydrogen) atoms. The van der Waals surface area contributed by atoms with Crippen molar-refractivity contribution in [2.75, 3.05) is 0 Å². The van der Waals surface area contributed by atoms with Crippen molar-refractivity contribution in [3.05, 3.63) is 119 Å². The zero-order valence-corrected chi connectivity index (χ0v) is 24.1. The van der Waals surface area contributed by atoms with E-state index in [0.717, 1.165) is 20.8 Å². The Morgan fingerprint density at radius 1 is 1.03 bits per heavy atom. The number of ether oxygens (including phenoxy) is 1. The molecular weight excluding hydrogens is 628 g/mol. The summed E-state index contributed by atoms with van der Waals surface area (Å²) in [6.45, 7) is 3.94. The summed E-state index contributed by atoms with van der Waals surface area (Å²) in [6.07, 6.45) is 1.40. The molecule has 10 heteroatoms. The topological polar surface area (TPSA) is 99.6 Å². The number of hydrogen-bond donors (Lipinski definition) is 0. The fourth-order valence-corrected chi connectivity index (χ4v) is 5.15. The number of aromatic nitrogens is 2. The second-order valence-corrected chi connectivity index (χ2v) is 11.0. The molecule has 0 saturated carbocycles. The highest BCUT2D eigenvalue weighted by Crippen LogP contribution is 2.35. The highest BCUT2D eigenvalue weighted by Gasteiger charge is 2.21. The van der Waals surface area contributed by atoms with Gasteiger partial charge in [0.15, 0.2) is 0 Å². The fourth-order valence-electron chi connectivity index (χ4n) is 4.33. The number of nitro benzene ring substituents is 1. The molecule has 0 radical (unpaired) electrons. The smallest absolute Gasteiger partial charge is 0.312 e. The number of nitrogens with zero attached hydrogens (tertiary/aromatic N) is 4. The van der Waals surface area contributed by atoms with Crippen molar-refractivity contribution in [2.45, 2.75) is 26.4 Å². The lowest BCUT2D eigenvalue weighted by atomic mass is 10.1. The molecule has 5 aromatic rings. The normalized spacial score (nSPS) is 11.6. The first-order valence-electron chi connectivity index (χ1n) is 12.1. The first-order valence-corrected chi connectivity index (χ1v) is 13.7. The molecular formula is C29H22Br2N4O4. The van der Waals surface area contributed by atoms with Gasteiger partial charge < -0.3 is 4.74 Å². The van der Waals surface area contributed by atoms with Gasteiger partial charge >= 0.3 is 5.69 Å². The van der Waals surface area contributed by atoms with E-state index in [9.17, 15) is 14.9 Å². The van der Waals surface area contributed by atoms with Crippen LogP contribution in [0.1, 0.15) is 36.7 Å². The van der Waals surface area contributed by atoms with Crippen LogP contribution in [0.4, 0.5) is 5.69 Å². The Morgan fingerprint density at radius 2 is 1.79 bits per heavy atom. The summed E-state index contributed by atoms with van der Waals surface area (Å²) in [6, 6.07) is 22.1. The third kappa shape index (κ3) is 5.48. The summed E-state index contributed by atoms with van der Waals surface area (Å²) >= 11 is 6.76. The van der Waals surface area contributed by atoms with E-state index >= 15 is 0 Å². The number of benzene rings is 4. The minimum absolute atomic E-state index is 0.0514. The molecule has 0 spiro atoms. The number of hydrogen-bond acceptors (Lipinski definition) is 6. The van der Waals surface area contributed by atoms with E-state index in [0.29, 0.717) is 26.8 Å². The average Bonchev–Trinajstić information content (AvgIpc) is 2.91. The van der Waals surface area contributed by atoms with Crippen LogP contribution in [0.5, 0.6) is 5.75 Å². The van der Waals surface area contributed by atoms with Crippen LogP contribution in [0, 0.1) is 10.1 Å². The first kappa shape index (κ1) is 26.7. The van der Waals surface area contributed by atoms with Crippen molar-refractivity contribution in [2.24, 2.45) is 5.10 Å². The minimum atomic E-state index is -0.499. The van der Waals surface area contributed by atoms with Crippen molar-refractivity contribution in [3.63, 3.8) is 0 Å². The Bertz CT molecular complexity index is 1830. The van der Waals surface area contributed by atoms with Gasteiger partial charge in [0.2, 0.25) is 5.75 Å². The Hall–Kier alpha value is -3.89. The molecule has 1 heterocycles. The van der Waals surface area contributed by atoms with Gasteiger partial charge in [0.1, 0.15) is 12.4 Å². The van der Waals surface area contributed by atoms with Crippen molar-refractivity contribution in [1.82, 2.24) is 9.66 Å². The zero-order chi connectivity index (χ0) is 27.7. The van der Waals surface area contributed by atoms with Crippen LogP contribution in [0.15, 0.2) is 91.6 Å². The molecule has 0 N–H and O–H groups in total. The molecule has 0 atom stereocenters. The van der Waals surface area contributed by atoms with Crippen LogP contribution < -0.4 is 10.3 Å². The van der Waals surface area contributed by atoms with Gasteiger partial charge in [-0.2, -0.15) is 9.78 Å². The Balaban J connectivity index is 1.61. The van der Waals surface area contributed by atoms with E-state index in [2.05, 4.69) is 41.9 Å². The van der Waals surface area contributed by atoms with Crippen LogP contribution in [0.2, 0.25) is 0 Å². The maximum atomic E-state index is 13.4. The largest absolute Gasteiger partial charge is 0.481 e. The van der Waals surface area contributed by atoms with Gasteiger partial charge in [-0.05, 0) is 40.6 Å². The summed E-state index contributed by atoms with van der Waals surface area (Å²) in [5.74, 6) is 0.408. The van der Waals surface area contributed by atoms with Crippen molar-refractivity contribution in [3.8, 4) is 5.75 Å². The van der Waals surface area contributed by atoms with Gasteiger partial charge in [0.25, 0.3) is 5.56 Å². The summed E-state index contributed by atoms with van der Waals surface area (Å²) in [5, 5.41) is 18.9. The standard InChI is InChI=1S/C29H22Br2N4O4/c1-17(2)28-33-25-11-10-21(30)13-24(25)29(36)34(28)32-15-20-12-22(31)14-26(35(37)38)27(20)39-16-19-8-5-7-18-6-3-4-9-23(18)19/h3-15,17H,16H2,1-2H3. The quantitative estimate of drug-likeness (QED) is 0.103. The van der Waals surface area contributed by atoms with E-state index in [-0.39, 0.29) is 29.5 Å². The SMILES string of the molecule is CC(C)c1nc2ccc(Br)cc2c(=O)n1N=Cc1cc(Br)cc([N+](=O)[O-])c1OCc1cccc2ccccc12. The maximum Gasteiger partial charge on any atom is 0.312 e. The maximum absolute atomic E-state index is 13.4. The molecule has 196 valence electrons. The summed E-state index contributed by atoms with van der Waals surface area (Å²) in [7, 11) is 0. The van der Waals surface area contributed by atoms with E-state index in [4.69, 9.17) is 4.74 Å². The number of fused-ring (bicyclic) bond motifs is 2. The van der Waals surface area contributed by atoms with Crippen LogP contribution >= 0.6 is 31.9 Å². The van der Waals surface area contributed by atoms with Gasteiger partial charge in [-0.25, -0.2) is 4.98 Å². The van der Waals surface area contributed by atoms with Crippen LogP contribution in [0.3, 0.4) is 0 Å². The molecule has 1 aromatic heterocycles. The van der Waals surface area contributed by atoms with Crippen LogP contribution in [0.25, 0.3) is 21.7 Å². The monoisotopic (exact) mass is 648 g/mol. The average molecular weight is 650 g/mol. The number of rotatable bonds is 7. The van der Waals surface area contributed by atoms with Gasteiger partial charge in [-0.1, -0.05) is 88.2 Å². The Labute approximate surface area is 240 Å². The summed E-state index contributed by atoms with van der Waals surface area (Å²) < 4.78 is 8.56. The highest BCUT2D eigenvalue weighted by atomic mass is 79.9. The molecule has 0 unspecified atom stereocenters. The Morgan fingerprint density at radius 3 is 2.56 bits per heavy atom. The van der Waals surface area contributed by atoms with Gasteiger partial charge in [0, 0.05) is 26.5 Å². The van der Waals surface area contributed by atoms with Crippen molar-refractivity contribution < 1.29 is 9.66 Å². The van der Waals surface area contributed by atoms with E-state index < -0.39 is 4.92 Å². The lowest BCUT2D eigenvalue weighted by Gasteiger charge is -2.13. The molecule has 0 bridgehead atoms. The number of nitro groups is 1. The molecule has 0 aliphatic heterocycles. The van der Waals surface area contributed by atoms with E-state index in [1.807, 2.05) is 62.4 Å². The van der Waals surface area contributed by atoms with Gasteiger partial charge in [-0.3, -0.25) is 14.9 Å². The highest BCUT2D eigenvalue weighted by molar-refractivity contribution is 9.10. The first-order chi connectivity index (χ1) is 18.7. The summed E-state index contributed by atoms with van der Waals surface area (Å²) in [4.78, 5) is 29.6. The molecule has 8 nitrogen and oxygen atoms in total. The molecule has 0 fully saturated rings. The lowest BCUT2D eigenvalue weighted by Crippen LogP contribution is -2.23. The molecule has 0 amide bonds. The second kappa shape index (κ2) is 11.1. The zero-order valence-electron chi connectivity index (χ0n) is 21.0. The molecule has 0 aliphatic carbocycles. The Kier molecular flexibility index (Phi) is 7.58. The van der Waals surface area contributed by atoms with Crippen molar-refractivity contribution in [1.29, 1.82) is 0 Å². The van der Waals surface area contributed by atoms with Crippen LogP contribution in [-0.4, -0.2) is 20.8 Å². The molecule has 4 aromatic carbocycles. The van der Waals surface area contributed by atoms with Crippen molar-refractivity contribution >= 4 is 65.4 Å². The number of halogens is 2. The second-order valence-electron chi connectivity index (χ2n) is 9.18.